The Morgan fingerprint density at radius 3 is 2.95 bits per heavy atom. The summed E-state index contributed by atoms with van der Waals surface area (Å²) in [5, 5.41) is 4.39. The fraction of sp³-hybridized carbons (Fsp3) is 0.231. The normalized spacial score (nSPS) is 10.1. The number of hydrogen-bond acceptors (Lipinski definition) is 6. The van der Waals surface area contributed by atoms with E-state index >= 15 is 0 Å². The number of ether oxygens (including phenoxy) is 1. The number of amides is 1. The van der Waals surface area contributed by atoms with Gasteiger partial charge in [0.25, 0.3) is 5.91 Å². The summed E-state index contributed by atoms with van der Waals surface area (Å²) < 4.78 is 4.83. The summed E-state index contributed by atoms with van der Waals surface area (Å²) in [7, 11) is 0. The van der Waals surface area contributed by atoms with E-state index in [-0.39, 0.29) is 23.2 Å². The van der Waals surface area contributed by atoms with Gasteiger partial charge >= 0.3 is 5.97 Å². The zero-order valence-electron chi connectivity index (χ0n) is 11.0. The van der Waals surface area contributed by atoms with Crippen LogP contribution in [0.2, 0.25) is 0 Å². The third kappa shape index (κ3) is 3.18. The molecule has 1 N–H and O–H groups in total. The second-order valence-electron chi connectivity index (χ2n) is 3.90. The molecule has 2 aromatic heterocycles. The maximum Gasteiger partial charge on any atom is 0.367 e. The number of aryl methyl sites for hydroxylation is 1. The van der Waals surface area contributed by atoms with E-state index < -0.39 is 5.97 Å². The van der Waals surface area contributed by atoms with Crippen molar-refractivity contribution < 1.29 is 14.3 Å². The van der Waals surface area contributed by atoms with Crippen molar-refractivity contribution in [1.29, 1.82) is 0 Å². The molecule has 0 aromatic carbocycles. The molecule has 0 aliphatic carbocycles. The maximum atomic E-state index is 12.0. The smallest absolute Gasteiger partial charge is 0.367 e. The number of nitrogens with zero attached hydrogens (tertiary/aromatic N) is 2. The van der Waals surface area contributed by atoms with E-state index in [2.05, 4.69) is 15.3 Å². The van der Waals surface area contributed by atoms with E-state index in [9.17, 15) is 9.59 Å². The Morgan fingerprint density at radius 1 is 1.45 bits per heavy atom. The van der Waals surface area contributed by atoms with Gasteiger partial charge in [0.1, 0.15) is 5.69 Å². The first-order chi connectivity index (χ1) is 9.61. The van der Waals surface area contributed by atoms with Crippen molar-refractivity contribution >= 4 is 28.9 Å². The summed E-state index contributed by atoms with van der Waals surface area (Å²) in [6, 6.07) is 1.79. The van der Waals surface area contributed by atoms with Crippen molar-refractivity contribution in [3.63, 3.8) is 0 Å². The van der Waals surface area contributed by atoms with Crippen molar-refractivity contribution in [1.82, 2.24) is 9.97 Å². The number of pyridine rings is 1. The average Bonchev–Trinajstić information content (AvgIpc) is 2.91. The lowest BCUT2D eigenvalue weighted by Gasteiger charge is -2.05. The van der Waals surface area contributed by atoms with Crippen LogP contribution in [0.5, 0.6) is 0 Å². The molecular weight excluding hydrogens is 278 g/mol. The van der Waals surface area contributed by atoms with Crippen molar-refractivity contribution in [3.8, 4) is 0 Å². The molecule has 7 heteroatoms. The fourth-order valence-corrected chi connectivity index (χ4v) is 2.14. The highest BCUT2D eigenvalue weighted by molar-refractivity contribution is 7.11. The molecule has 2 aromatic rings. The molecule has 0 fully saturated rings. The van der Waals surface area contributed by atoms with Gasteiger partial charge < -0.3 is 10.1 Å². The third-order valence-corrected chi connectivity index (χ3v) is 3.30. The highest BCUT2D eigenvalue weighted by Crippen LogP contribution is 2.15. The molecule has 20 heavy (non-hydrogen) atoms. The summed E-state index contributed by atoms with van der Waals surface area (Å²) in [4.78, 5) is 31.4. The van der Waals surface area contributed by atoms with Gasteiger partial charge in [0.05, 0.1) is 18.5 Å². The number of esters is 1. The van der Waals surface area contributed by atoms with Crippen LogP contribution in [0.1, 0.15) is 32.8 Å². The van der Waals surface area contributed by atoms with Crippen molar-refractivity contribution in [2.24, 2.45) is 0 Å². The summed E-state index contributed by atoms with van der Waals surface area (Å²) in [5.41, 5.74) is 1.69. The molecule has 2 heterocycles. The van der Waals surface area contributed by atoms with Crippen LogP contribution < -0.4 is 5.32 Å². The number of carbonyl (C=O) groups excluding carboxylic acids is 2. The molecular formula is C13H13N3O3S. The Kier molecular flexibility index (Phi) is 4.41. The number of aromatic nitrogens is 2. The molecule has 1 amide bonds. The molecule has 0 aliphatic heterocycles. The Bertz CT molecular complexity index is 639. The number of nitrogens with one attached hydrogen (secondary N) is 1. The number of rotatable bonds is 4. The van der Waals surface area contributed by atoms with Gasteiger partial charge in [0.15, 0.2) is 0 Å². The van der Waals surface area contributed by atoms with Crippen LogP contribution in [0.3, 0.4) is 0 Å². The lowest BCUT2D eigenvalue weighted by atomic mass is 10.2. The molecule has 0 saturated heterocycles. The first-order valence-corrected chi connectivity index (χ1v) is 6.84. The van der Waals surface area contributed by atoms with E-state index in [1.54, 1.807) is 25.4 Å². The van der Waals surface area contributed by atoms with Crippen LogP contribution >= 0.6 is 11.3 Å². The molecule has 6 nitrogen and oxygen atoms in total. The second kappa shape index (κ2) is 6.25. The lowest BCUT2D eigenvalue weighted by Crippen LogP contribution is -2.14. The van der Waals surface area contributed by atoms with Crippen molar-refractivity contribution in [2.75, 3.05) is 11.9 Å². The summed E-state index contributed by atoms with van der Waals surface area (Å²) in [6.07, 6.45) is 3.21. The Hall–Kier alpha value is -2.28. The fourth-order valence-electron chi connectivity index (χ4n) is 1.45. The topological polar surface area (TPSA) is 81.2 Å². The van der Waals surface area contributed by atoms with E-state index in [0.29, 0.717) is 5.69 Å². The largest absolute Gasteiger partial charge is 0.461 e. The second-order valence-corrected chi connectivity index (χ2v) is 4.76. The molecule has 0 aliphatic rings. The zero-order valence-corrected chi connectivity index (χ0v) is 11.9. The molecule has 0 atom stereocenters. The lowest BCUT2D eigenvalue weighted by molar-refractivity contribution is 0.0526. The van der Waals surface area contributed by atoms with Crippen LogP contribution in [0.25, 0.3) is 0 Å². The van der Waals surface area contributed by atoms with Gasteiger partial charge in [-0.05, 0) is 25.5 Å². The van der Waals surface area contributed by atoms with Crippen LogP contribution in [0.15, 0.2) is 23.8 Å². The van der Waals surface area contributed by atoms with Gasteiger partial charge in [0.2, 0.25) is 5.01 Å². The van der Waals surface area contributed by atoms with E-state index in [1.165, 1.54) is 5.38 Å². The predicted molar refractivity (Wildman–Crippen MR) is 75.0 cm³/mol. The summed E-state index contributed by atoms with van der Waals surface area (Å²) >= 11 is 1.08. The molecule has 0 spiro atoms. The van der Waals surface area contributed by atoms with Gasteiger partial charge in [-0.15, -0.1) is 11.3 Å². The number of carbonyl (C=O) groups is 2. The van der Waals surface area contributed by atoms with Crippen LogP contribution in [0.4, 0.5) is 5.69 Å². The minimum atomic E-state index is -0.519. The third-order valence-electron chi connectivity index (χ3n) is 2.47. The zero-order chi connectivity index (χ0) is 14.5. The number of hydrogen-bond donors (Lipinski definition) is 1. The first-order valence-electron chi connectivity index (χ1n) is 5.96. The Morgan fingerprint density at radius 2 is 2.25 bits per heavy atom. The maximum absolute atomic E-state index is 12.0. The Labute approximate surface area is 119 Å². The molecule has 2 rings (SSSR count). The molecule has 0 saturated carbocycles. The molecule has 104 valence electrons. The monoisotopic (exact) mass is 291 g/mol. The molecule has 0 radical (unpaired) electrons. The summed E-state index contributed by atoms with van der Waals surface area (Å²) in [5.74, 6) is -0.901. The highest BCUT2D eigenvalue weighted by Gasteiger charge is 2.16. The van der Waals surface area contributed by atoms with Gasteiger partial charge in [-0.1, -0.05) is 0 Å². The predicted octanol–water partition coefficient (Wildman–Crippen LogP) is 2.28. The molecule has 0 unspecified atom stereocenters. The standard InChI is InChI=1S/C13H13N3O3S/c1-3-19-13(18)12-16-10(7-20-12)11(17)15-9-6-14-5-4-8(9)2/h4-7H,3H2,1-2H3,(H,15,17). The van der Waals surface area contributed by atoms with Crippen LogP contribution in [-0.2, 0) is 4.74 Å². The summed E-state index contributed by atoms with van der Waals surface area (Å²) in [6.45, 7) is 3.85. The van der Waals surface area contributed by atoms with Crippen LogP contribution in [-0.4, -0.2) is 28.5 Å². The minimum absolute atomic E-state index is 0.167. The Balaban J connectivity index is 2.11. The van der Waals surface area contributed by atoms with Gasteiger partial charge in [-0.2, -0.15) is 0 Å². The average molecular weight is 291 g/mol. The van der Waals surface area contributed by atoms with Gasteiger partial charge in [0, 0.05) is 11.6 Å². The van der Waals surface area contributed by atoms with Gasteiger partial charge in [-0.3, -0.25) is 9.78 Å². The first kappa shape index (κ1) is 14.1. The van der Waals surface area contributed by atoms with Gasteiger partial charge in [-0.25, -0.2) is 9.78 Å². The van der Waals surface area contributed by atoms with E-state index in [4.69, 9.17) is 4.74 Å². The highest BCUT2D eigenvalue weighted by atomic mass is 32.1. The SMILES string of the molecule is CCOC(=O)c1nc(C(=O)Nc2cnccc2C)cs1. The molecule has 0 bridgehead atoms. The van der Waals surface area contributed by atoms with E-state index in [1.807, 2.05) is 6.92 Å². The minimum Gasteiger partial charge on any atom is -0.461 e. The number of thiazole rings is 1. The van der Waals surface area contributed by atoms with Crippen molar-refractivity contribution in [3.05, 3.63) is 40.1 Å². The number of anilines is 1. The quantitative estimate of drug-likeness (QED) is 0.874. The van der Waals surface area contributed by atoms with Crippen molar-refractivity contribution in [2.45, 2.75) is 13.8 Å². The van der Waals surface area contributed by atoms with Crippen LogP contribution in [0, 0.1) is 6.92 Å². The van der Waals surface area contributed by atoms with E-state index in [0.717, 1.165) is 16.9 Å².